The van der Waals surface area contributed by atoms with Gasteiger partial charge in [-0.2, -0.15) is 0 Å². The fourth-order valence-corrected chi connectivity index (χ4v) is 2.30. The summed E-state index contributed by atoms with van der Waals surface area (Å²) in [4.78, 5) is 4.24. The lowest BCUT2D eigenvalue weighted by molar-refractivity contribution is 0.219. The zero-order valence-electron chi connectivity index (χ0n) is 11.5. The van der Waals surface area contributed by atoms with Crippen molar-refractivity contribution < 1.29 is 14.2 Å². The molecule has 0 saturated heterocycles. The van der Waals surface area contributed by atoms with Gasteiger partial charge in [0.25, 0.3) is 0 Å². The highest BCUT2D eigenvalue weighted by Crippen LogP contribution is 2.28. The molecular formula is C17H14FNO2. The summed E-state index contributed by atoms with van der Waals surface area (Å²) in [7, 11) is 1.40. The molecule has 3 nitrogen and oxygen atoms in total. The van der Waals surface area contributed by atoms with Crippen LogP contribution in [0.5, 0.6) is 5.75 Å². The van der Waals surface area contributed by atoms with Gasteiger partial charge in [-0.1, -0.05) is 18.2 Å². The Labute approximate surface area is 121 Å². The third kappa shape index (κ3) is 2.58. The fraction of sp³-hybridized carbons (Fsp3) is 0.118. The zero-order valence-corrected chi connectivity index (χ0v) is 11.5. The van der Waals surface area contributed by atoms with Crippen LogP contribution in [0, 0.1) is 5.82 Å². The van der Waals surface area contributed by atoms with Crippen LogP contribution in [0.25, 0.3) is 10.9 Å². The summed E-state index contributed by atoms with van der Waals surface area (Å²) in [5, 5.41) is 11.4. The number of benzene rings is 2. The van der Waals surface area contributed by atoms with E-state index in [1.165, 1.54) is 19.2 Å². The van der Waals surface area contributed by atoms with Crippen LogP contribution in [0.3, 0.4) is 0 Å². The summed E-state index contributed by atoms with van der Waals surface area (Å²) < 4.78 is 18.4. The Kier molecular flexibility index (Phi) is 3.54. The lowest BCUT2D eigenvalue weighted by atomic mass is 9.99. The average molecular weight is 283 g/mol. The zero-order chi connectivity index (χ0) is 14.8. The maximum Gasteiger partial charge on any atom is 0.165 e. The van der Waals surface area contributed by atoms with Crippen molar-refractivity contribution in [3.05, 3.63) is 71.7 Å². The van der Waals surface area contributed by atoms with Crippen molar-refractivity contribution in [1.82, 2.24) is 4.98 Å². The third-order valence-corrected chi connectivity index (χ3v) is 3.43. The highest BCUT2D eigenvalue weighted by molar-refractivity contribution is 5.79. The van der Waals surface area contributed by atoms with Gasteiger partial charge in [0.05, 0.1) is 12.6 Å². The summed E-state index contributed by atoms with van der Waals surface area (Å²) in [6.07, 6.45) is 0.882. The Hall–Kier alpha value is -2.46. The van der Waals surface area contributed by atoms with Gasteiger partial charge in [-0.15, -0.1) is 0 Å². The van der Waals surface area contributed by atoms with Crippen LogP contribution in [0.1, 0.15) is 17.2 Å². The number of pyridine rings is 1. The number of aliphatic hydroxyl groups excluding tert-OH is 1. The summed E-state index contributed by atoms with van der Waals surface area (Å²) in [5.41, 5.74) is 2.17. The number of hydrogen-bond donors (Lipinski definition) is 1. The van der Waals surface area contributed by atoms with Crippen molar-refractivity contribution in [2.24, 2.45) is 0 Å². The van der Waals surface area contributed by atoms with Crippen LogP contribution < -0.4 is 4.74 Å². The number of aromatic nitrogens is 1. The SMILES string of the molecule is COc1cc(C(O)c2ccc3ncccc3c2)ccc1F. The van der Waals surface area contributed by atoms with Gasteiger partial charge >= 0.3 is 0 Å². The highest BCUT2D eigenvalue weighted by atomic mass is 19.1. The summed E-state index contributed by atoms with van der Waals surface area (Å²) in [6.45, 7) is 0. The van der Waals surface area contributed by atoms with E-state index in [9.17, 15) is 9.50 Å². The molecular weight excluding hydrogens is 269 g/mol. The monoisotopic (exact) mass is 283 g/mol. The molecule has 0 bridgehead atoms. The number of rotatable bonds is 3. The smallest absolute Gasteiger partial charge is 0.165 e. The highest BCUT2D eigenvalue weighted by Gasteiger charge is 2.14. The normalized spacial score (nSPS) is 12.3. The first-order valence-corrected chi connectivity index (χ1v) is 6.55. The van der Waals surface area contributed by atoms with E-state index in [2.05, 4.69) is 4.98 Å². The molecule has 0 radical (unpaired) electrons. The molecule has 4 heteroatoms. The summed E-state index contributed by atoms with van der Waals surface area (Å²) >= 11 is 0. The molecule has 0 fully saturated rings. The van der Waals surface area contributed by atoms with E-state index in [-0.39, 0.29) is 5.75 Å². The number of hydrogen-bond acceptors (Lipinski definition) is 3. The van der Waals surface area contributed by atoms with Gasteiger partial charge in [0.2, 0.25) is 0 Å². The van der Waals surface area contributed by atoms with Gasteiger partial charge in [0.15, 0.2) is 11.6 Å². The Bertz CT molecular complexity index is 789. The molecule has 3 aromatic rings. The second-order valence-corrected chi connectivity index (χ2v) is 4.75. The van der Waals surface area contributed by atoms with Gasteiger partial charge in [0.1, 0.15) is 6.10 Å². The maximum absolute atomic E-state index is 13.4. The van der Waals surface area contributed by atoms with Gasteiger partial charge < -0.3 is 9.84 Å². The summed E-state index contributed by atoms with van der Waals surface area (Å²) in [6, 6.07) is 13.7. The molecule has 0 aliphatic rings. The van der Waals surface area contributed by atoms with E-state index < -0.39 is 11.9 Å². The minimum Gasteiger partial charge on any atom is -0.494 e. The second-order valence-electron chi connectivity index (χ2n) is 4.75. The molecule has 21 heavy (non-hydrogen) atoms. The molecule has 2 aromatic carbocycles. The van der Waals surface area contributed by atoms with E-state index in [1.807, 2.05) is 30.3 Å². The molecule has 0 saturated carbocycles. The number of ether oxygens (including phenoxy) is 1. The Balaban J connectivity index is 2.01. The first-order valence-electron chi connectivity index (χ1n) is 6.55. The van der Waals surface area contributed by atoms with Crippen LogP contribution in [0.2, 0.25) is 0 Å². The van der Waals surface area contributed by atoms with Gasteiger partial charge in [-0.3, -0.25) is 4.98 Å². The topological polar surface area (TPSA) is 42.4 Å². The van der Waals surface area contributed by atoms with Gasteiger partial charge in [-0.05, 0) is 41.5 Å². The first-order chi connectivity index (χ1) is 10.2. The van der Waals surface area contributed by atoms with Crippen LogP contribution >= 0.6 is 0 Å². The molecule has 1 N–H and O–H groups in total. The molecule has 1 heterocycles. The number of fused-ring (bicyclic) bond motifs is 1. The average Bonchev–Trinajstić information content (AvgIpc) is 2.54. The Morgan fingerprint density at radius 2 is 1.86 bits per heavy atom. The van der Waals surface area contributed by atoms with Crippen molar-refractivity contribution in [2.45, 2.75) is 6.10 Å². The number of aliphatic hydroxyl groups is 1. The molecule has 1 atom stereocenters. The lowest BCUT2D eigenvalue weighted by Gasteiger charge is -2.13. The third-order valence-electron chi connectivity index (χ3n) is 3.43. The van der Waals surface area contributed by atoms with Crippen LogP contribution in [-0.2, 0) is 0 Å². The molecule has 1 unspecified atom stereocenters. The number of halogens is 1. The molecule has 3 rings (SSSR count). The van der Waals surface area contributed by atoms with Crippen molar-refractivity contribution >= 4 is 10.9 Å². The van der Waals surface area contributed by atoms with Crippen LogP contribution in [-0.4, -0.2) is 17.2 Å². The standard InChI is InChI=1S/C17H14FNO2/c1-21-16-10-13(4-6-14(16)18)17(20)12-5-7-15-11(9-12)3-2-8-19-15/h2-10,17,20H,1H3. The van der Waals surface area contributed by atoms with E-state index in [1.54, 1.807) is 12.3 Å². The number of nitrogens with zero attached hydrogens (tertiary/aromatic N) is 1. The lowest BCUT2D eigenvalue weighted by Crippen LogP contribution is -2.01. The Morgan fingerprint density at radius 1 is 1.10 bits per heavy atom. The van der Waals surface area contributed by atoms with E-state index in [0.717, 1.165) is 16.5 Å². The van der Waals surface area contributed by atoms with Crippen LogP contribution in [0.15, 0.2) is 54.7 Å². The van der Waals surface area contributed by atoms with E-state index >= 15 is 0 Å². The Morgan fingerprint density at radius 3 is 2.67 bits per heavy atom. The minimum absolute atomic E-state index is 0.119. The predicted octanol–water partition coefficient (Wildman–Crippen LogP) is 3.46. The quantitative estimate of drug-likeness (QED) is 0.800. The van der Waals surface area contributed by atoms with Crippen LogP contribution in [0.4, 0.5) is 4.39 Å². The van der Waals surface area contributed by atoms with Crippen molar-refractivity contribution in [3.63, 3.8) is 0 Å². The number of methoxy groups -OCH3 is 1. The van der Waals surface area contributed by atoms with Gasteiger partial charge in [0, 0.05) is 11.6 Å². The minimum atomic E-state index is -0.843. The van der Waals surface area contributed by atoms with Crippen molar-refractivity contribution in [2.75, 3.05) is 7.11 Å². The molecule has 1 aromatic heterocycles. The predicted molar refractivity (Wildman–Crippen MR) is 78.8 cm³/mol. The molecule has 106 valence electrons. The van der Waals surface area contributed by atoms with Crippen molar-refractivity contribution in [1.29, 1.82) is 0 Å². The van der Waals surface area contributed by atoms with Gasteiger partial charge in [-0.25, -0.2) is 4.39 Å². The van der Waals surface area contributed by atoms with E-state index in [4.69, 9.17) is 4.74 Å². The first kappa shape index (κ1) is 13.5. The molecule has 0 aliphatic heterocycles. The fourth-order valence-electron chi connectivity index (χ4n) is 2.30. The second kappa shape index (κ2) is 5.50. The van der Waals surface area contributed by atoms with Crippen molar-refractivity contribution in [3.8, 4) is 5.75 Å². The largest absolute Gasteiger partial charge is 0.494 e. The van der Waals surface area contributed by atoms with E-state index in [0.29, 0.717) is 5.56 Å². The molecule has 0 spiro atoms. The summed E-state index contributed by atoms with van der Waals surface area (Å²) in [5.74, 6) is -0.329. The maximum atomic E-state index is 13.4. The molecule has 0 aliphatic carbocycles. The molecule has 0 amide bonds.